The summed E-state index contributed by atoms with van der Waals surface area (Å²) < 4.78 is 4.78. The number of nitrogens with one attached hydrogen (secondary N) is 1. The highest BCUT2D eigenvalue weighted by Gasteiger charge is 2.32. The molecule has 1 aromatic carbocycles. The monoisotopic (exact) mass is 263 g/mol. The number of ether oxygens (including phenoxy) is 1. The van der Waals surface area contributed by atoms with Crippen LogP contribution >= 0.6 is 0 Å². The predicted octanol–water partition coefficient (Wildman–Crippen LogP) is 1.66. The van der Waals surface area contributed by atoms with Crippen molar-refractivity contribution in [2.75, 3.05) is 7.11 Å². The molecular weight excluding hydrogens is 246 g/mol. The van der Waals surface area contributed by atoms with Gasteiger partial charge in [-0.15, -0.1) is 0 Å². The molecule has 2 rings (SSSR count). The van der Waals surface area contributed by atoms with E-state index in [1.165, 1.54) is 7.11 Å². The summed E-state index contributed by atoms with van der Waals surface area (Å²) in [6.45, 7) is 1.91. The number of benzene rings is 1. The maximum atomic E-state index is 11.8. The summed E-state index contributed by atoms with van der Waals surface area (Å²) in [4.78, 5) is 22.8. The standard InChI is InChI=1S/C14H17NO4/c1-8-4-3-5-9(14(18)19-2)12(8)10-6-7-11(15-10)13(16)17/h3-5,10-11,15H,6-7H2,1-2H3,(H,16,17)/t10-,11+/m1/s1. The van der Waals surface area contributed by atoms with E-state index in [4.69, 9.17) is 9.84 Å². The molecule has 0 amide bonds. The summed E-state index contributed by atoms with van der Waals surface area (Å²) in [7, 11) is 1.34. The molecule has 102 valence electrons. The summed E-state index contributed by atoms with van der Waals surface area (Å²) in [5.74, 6) is -1.24. The zero-order valence-electron chi connectivity index (χ0n) is 11.0. The molecule has 0 radical (unpaired) electrons. The highest BCUT2D eigenvalue weighted by molar-refractivity contribution is 5.91. The lowest BCUT2D eigenvalue weighted by molar-refractivity contribution is -0.139. The molecule has 1 fully saturated rings. The minimum Gasteiger partial charge on any atom is -0.480 e. The highest BCUT2D eigenvalue weighted by atomic mass is 16.5. The number of carboxylic acids is 1. The van der Waals surface area contributed by atoms with Gasteiger partial charge in [-0.2, -0.15) is 0 Å². The number of esters is 1. The maximum Gasteiger partial charge on any atom is 0.338 e. The number of methoxy groups -OCH3 is 1. The number of aliphatic carboxylic acids is 1. The summed E-state index contributed by atoms with van der Waals surface area (Å²) in [5.41, 5.74) is 2.32. The quantitative estimate of drug-likeness (QED) is 0.811. The Balaban J connectivity index is 2.34. The molecule has 1 aromatic rings. The van der Waals surface area contributed by atoms with Crippen LogP contribution in [0.1, 0.15) is 40.4 Å². The molecule has 0 bridgehead atoms. The van der Waals surface area contributed by atoms with Crippen LogP contribution in [0.25, 0.3) is 0 Å². The second-order valence-corrected chi connectivity index (χ2v) is 4.72. The van der Waals surface area contributed by atoms with Crippen molar-refractivity contribution in [3.8, 4) is 0 Å². The molecule has 1 aliphatic rings. The van der Waals surface area contributed by atoms with Gasteiger partial charge in [0.05, 0.1) is 12.7 Å². The second kappa shape index (κ2) is 5.40. The third-order valence-electron chi connectivity index (χ3n) is 3.52. The number of hydrogen-bond acceptors (Lipinski definition) is 4. The van der Waals surface area contributed by atoms with Gasteiger partial charge in [-0.1, -0.05) is 12.1 Å². The summed E-state index contributed by atoms with van der Waals surface area (Å²) >= 11 is 0. The Kier molecular flexibility index (Phi) is 3.85. The van der Waals surface area contributed by atoms with Crippen LogP contribution in [0.4, 0.5) is 0 Å². The first-order valence-electron chi connectivity index (χ1n) is 6.21. The lowest BCUT2D eigenvalue weighted by Crippen LogP contribution is -2.32. The second-order valence-electron chi connectivity index (χ2n) is 4.72. The minimum absolute atomic E-state index is 0.114. The van der Waals surface area contributed by atoms with E-state index >= 15 is 0 Å². The SMILES string of the molecule is COC(=O)c1cccc(C)c1[C@H]1CC[C@@H](C(=O)O)N1. The fourth-order valence-electron chi connectivity index (χ4n) is 2.60. The Morgan fingerprint density at radius 2 is 2.11 bits per heavy atom. The van der Waals surface area contributed by atoms with Crippen molar-refractivity contribution in [2.45, 2.75) is 31.8 Å². The Hall–Kier alpha value is -1.88. The topological polar surface area (TPSA) is 75.6 Å². The number of carbonyl (C=O) groups excluding carboxylic acids is 1. The van der Waals surface area contributed by atoms with Gasteiger partial charge in [0.1, 0.15) is 6.04 Å². The van der Waals surface area contributed by atoms with Crippen LogP contribution in [0.3, 0.4) is 0 Å². The van der Waals surface area contributed by atoms with Gasteiger partial charge < -0.3 is 9.84 Å². The number of carboxylic acid groups (broad SMARTS) is 1. The zero-order valence-corrected chi connectivity index (χ0v) is 11.0. The van der Waals surface area contributed by atoms with Crippen molar-refractivity contribution in [2.24, 2.45) is 0 Å². The normalized spacial score (nSPS) is 22.2. The Bertz CT molecular complexity index is 512. The third kappa shape index (κ3) is 2.61. The largest absolute Gasteiger partial charge is 0.480 e. The van der Waals surface area contributed by atoms with Gasteiger partial charge in [0.2, 0.25) is 0 Å². The van der Waals surface area contributed by atoms with Crippen molar-refractivity contribution >= 4 is 11.9 Å². The Morgan fingerprint density at radius 3 is 2.68 bits per heavy atom. The molecule has 1 heterocycles. The average Bonchev–Trinajstić information content (AvgIpc) is 2.87. The summed E-state index contributed by atoms with van der Waals surface area (Å²) in [5, 5.41) is 12.1. The summed E-state index contributed by atoms with van der Waals surface area (Å²) in [6, 6.07) is 4.77. The number of carbonyl (C=O) groups is 2. The molecule has 0 saturated carbocycles. The van der Waals surface area contributed by atoms with Crippen LogP contribution in [0.5, 0.6) is 0 Å². The van der Waals surface area contributed by atoms with Crippen LogP contribution in [-0.2, 0) is 9.53 Å². The molecule has 0 aromatic heterocycles. The van der Waals surface area contributed by atoms with E-state index < -0.39 is 12.0 Å². The molecule has 19 heavy (non-hydrogen) atoms. The Labute approximate surface area is 111 Å². The van der Waals surface area contributed by atoms with E-state index in [1.54, 1.807) is 12.1 Å². The first-order chi connectivity index (χ1) is 9.04. The summed E-state index contributed by atoms with van der Waals surface area (Å²) in [6.07, 6.45) is 1.26. The van der Waals surface area contributed by atoms with Crippen LogP contribution < -0.4 is 5.32 Å². The molecule has 2 atom stereocenters. The molecule has 1 aliphatic heterocycles. The lowest BCUT2D eigenvalue weighted by Gasteiger charge is -2.18. The Morgan fingerprint density at radius 1 is 1.37 bits per heavy atom. The van der Waals surface area contributed by atoms with Crippen molar-refractivity contribution in [3.63, 3.8) is 0 Å². The minimum atomic E-state index is -0.851. The smallest absolute Gasteiger partial charge is 0.338 e. The van der Waals surface area contributed by atoms with Gasteiger partial charge in [0.25, 0.3) is 0 Å². The van der Waals surface area contributed by atoms with Gasteiger partial charge >= 0.3 is 11.9 Å². The predicted molar refractivity (Wildman–Crippen MR) is 69.1 cm³/mol. The van der Waals surface area contributed by atoms with Crippen LogP contribution in [0, 0.1) is 6.92 Å². The highest BCUT2D eigenvalue weighted by Crippen LogP contribution is 2.31. The third-order valence-corrected chi connectivity index (χ3v) is 3.52. The van der Waals surface area contributed by atoms with E-state index in [-0.39, 0.29) is 12.0 Å². The van der Waals surface area contributed by atoms with E-state index in [9.17, 15) is 9.59 Å². The molecule has 1 saturated heterocycles. The molecule has 2 N–H and O–H groups in total. The molecule has 0 aliphatic carbocycles. The molecule has 5 nitrogen and oxygen atoms in total. The van der Waals surface area contributed by atoms with Gasteiger partial charge in [-0.05, 0) is 37.0 Å². The van der Waals surface area contributed by atoms with Crippen molar-refractivity contribution < 1.29 is 19.4 Å². The van der Waals surface area contributed by atoms with Crippen molar-refractivity contribution in [1.29, 1.82) is 0 Å². The van der Waals surface area contributed by atoms with Crippen LogP contribution in [-0.4, -0.2) is 30.2 Å². The number of aryl methyl sites for hydroxylation is 1. The molecular formula is C14H17NO4. The van der Waals surface area contributed by atoms with E-state index in [2.05, 4.69) is 5.32 Å². The molecule has 0 spiro atoms. The molecule has 5 heteroatoms. The average molecular weight is 263 g/mol. The van der Waals surface area contributed by atoms with Crippen LogP contribution in [0.15, 0.2) is 18.2 Å². The number of hydrogen-bond donors (Lipinski definition) is 2. The van der Waals surface area contributed by atoms with Crippen molar-refractivity contribution in [1.82, 2.24) is 5.32 Å². The van der Waals surface area contributed by atoms with E-state index in [0.29, 0.717) is 18.4 Å². The van der Waals surface area contributed by atoms with E-state index in [0.717, 1.165) is 11.1 Å². The first kappa shape index (κ1) is 13.5. The maximum absolute atomic E-state index is 11.8. The van der Waals surface area contributed by atoms with Gasteiger partial charge in [-0.3, -0.25) is 10.1 Å². The van der Waals surface area contributed by atoms with Gasteiger partial charge in [0.15, 0.2) is 0 Å². The lowest BCUT2D eigenvalue weighted by atomic mass is 9.94. The fourth-order valence-corrected chi connectivity index (χ4v) is 2.60. The van der Waals surface area contributed by atoms with Crippen LogP contribution in [0.2, 0.25) is 0 Å². The number of rotatable bonds is 3. The van der Waals surface area contributed by atoms with Gasteiger partial charge in [0, 0.05) is 6.04 Å². The fraction of sp³-hybridized carbons (Fsp3) is 0.429. The zero-order chi connectivity index (χ0) is 14.0. The van der Waals surface area contributed by atoms with Gasteiger partial charge in [-0.25, -0.2) is 4.79 Å². The van der Waals surface area contributed by atoms with Crippen molar-refractivity contribution in [3.05, 3.63) is 34.9 Å². The molecule has 0 unspecified atom stereocenters. The van der Waals surface area contributed by atoms with E-state index in [1.807, 2.05) is 13.0 Å². The first-order valence-corrected chi connectivity index (χ1v) is 6.21.